The molecule has 0 aliphatic carbocycles. The van der Waals surface area contributed by atoms with Crippen molar-refractivity contribution in [1.29, 1.82) is 0 Å². The third-order valence-electron chi connectivity index (χ3n) is 2.00. The molecule has 2 rings (SSSR count). The number of nitrogen functional groups attached to an aromatic ring is 1. The summed E-state index contributed by atoms with van der Waals surface area (Å²) >= 11 is 0. The summed E-state index contributed by atoms with van der Waals surface area (Å²) in [7, 11) is 0. The summed E-state index contributed by atoms with van der Waals surface area (Å²) < 4.78 is 5.50. The lowest BCUT2D eigenvalue weighted by atomic mass is 10.2. The lowest BCUT2D eigenvalue weighted by Crippen LogP contribution is -2.26. The molecule has 0 atom stereocenters. The number of hydrogen-bond acceptors (Lipinski definition) is 3. The smallest absolute Gasteiger partial charge is 0.146 e. The van der Waals surface area contributed by atoms with Crippen LogP contribution in [0.3, 0.4) is 0 Å². The Morgan fingerprint density at radius 1 is 1.57 bits per heavy atom. The van der Waals surface area contributed by atoms with E-state index in [-0.39, 0.29) is 0 Å². The molecular weight excluding hydrogens is 178 g/mol. The quantitative estimate of drug-likeness (QED) is 0.661. The second kappa shape index (κ2) is 3.57. The zero-order valence-electron chi connectivity index (χ0n) is 8.08. The highest BCUT2D eigenvalue weighted by molar-refractivity contribution is 5.99. The highest BCUT2D eigenvalue weighted by Gasteiger charge is 2.13. The van der Waals surface area contributed by atoms with E-state index in [0.717, 1.165) is 23.8 Å². The fourth-order valence-corrected chi connectivity index (χ4v) is 1.38. The van der Waals surface area contributed by atoms with Crippen molar-refractivity contribution in [2.45, 2.75) is 6.92 Å². The van der Waals surface area contributed by atoms with Crippen LogP contribution in [0.25, 0.3) is 0 Å². The zero-order chi connectivity index (χ0) is 9.97. The van der Waals surface area contributed by atoms with Crippen molar-refractivity contribution in [1.82, 2.24) is 0 Å². The molecule has 0 bridgehead atoms. The van der Waals surface area contributed by atoms with Crippen LogP contribution in [0.2, 0.25) is 0 Å². The van der Waals surface area contributed by atoms with Gasteiger partial charge >= 0.3 is 0 Å². The minimum Gasteiger partial charge on any atom is -0.483 e. The highest BCUT2D eigenvalue weighted by Crippen LogP contribution is 2.29. The molecule has 1 aliphatic heterocycles. The number of benzene rings is 1. The second-order valence-electron chi connectivity index (χ2n) is 3.09. The van der Waals surface area contributed by atoms with E-state index in [0.29, 0.717) is 12.3 Å². The number of hydrogen-bond donors (Lipinski definition) is 2. The van der Waals surface area contributed by atoms with Gasteiger partial charge in [-0.25, -0.2) is 0 Å². The predicted octanol–water partition coefficient (Wildman–Crippen LogP) is 1.49. The molecule has 4 heteroatoms. The molecule has 0 aromatic heterocycles. The molecule has 1 heterocycles. The lowest BCUT2D eigenvalue weighted by Gasteiger charge is -2.20. The Balaban J connectivity index is 2.27. The van der Waals surface area contributed by atoms with Gasteiger partial charge in [0.2, 0.25) is 0 Å². The second-order valence-corrected chi connectivity index (χ2v) is 3.09. The topological polar surface area (TPSA) is 59.6 Å². The summed E-state index contributed by atoms with van der Waals surface area (Å²) in [6.45, 7) is 3.24. The summed E-state index contributed by atoms with van der Waals surface area (Å²) in [5, 5.41) is 3.19. The van der Waals surface area contributed by atoms with Gasteiger partial charge in [0, 0.05) is 18.3 Å². The standard InChI is InChI=1S/C10H13N3O/c1-2-12-10-6-14-9-5-7(11)3-4-8(9)13-10/h3-5H,2,6,11H2,1H3,(H,12,13). The molecule has 1 aliphatic rings. The van der Waals surface area contributed by atoms with Crippen LogP contribution >= 0.6 is 0 Å². The number of aliphatic imine (C=N–C) groups is 1. The predicted molar refractivity (Wildman–Crippen MR) is 57.9 cm³/mol. The summed E-state index contributed by atoms with van der Waals surface area (Å²) in [4.78, 5) is 4.25. The van der Waals surface area contributed by atoms with E-state index in [1.165, 1.54) is 0 Å². The third-order valence-corrected chi connectivity index (χ3v) is 2.00. The number of nitrogens with zero attached hydrogens (tertiary/aromatic N) is 1. The average Bonchev–Trinajstić information content (AvgIpc) is 2.19. The van der Waals surface area contributed by atoms with Gasteiger partial charge < -0.3 is 15.8 Å². The first-order chi connectivity index (χ1) is 6.79. The van der Waals surface area contributed by atoms with Crippen molar-refractivity contribution >= 4 is 17.2 Å². The number of fused-ring (bicyclic) bond motifs is 1. The number of nitrogens with two attached hydrogens (primary N) is 1. The SMILES string of the molecule is CCN=C1COc2cc(N)ccc2N1. The van der Waals surface area contributed by atoms with E-state index in [9.17, 15) is 0 Å². The fraction of sp³-hybridized carbons (Fsp3) is 0.300. The van der Waals surface area contributed by atoms with E-state index in [1.807, 2.05) is 25.1 Å². The molecular formula is C10H13N3O. The molecule has 0 fully saturated rings. The Morgan fingerprint density at radius 3 is 3.21 bits per heavy atom. The van der Waals surface area contributed by atoms with Crippen LogP contribution in [0.15, 0.2) is 23.2 Å². The summed E-state index contributed by atoms with van der Waals surface area (Å²) in [6.07, 6.45) is 0. The lowest BCUT2D eigenvalue weighted by molar-refractivity contribution is 0.372. The van der Waals surface area contributed by atoms with Gasteiger partial charge in [-0.3, -0.25) is 4.99 Å². The minimum atomic E-state index is 0.490. The maximum absolute atomic E-state index is 5.64. The molecule has 14 heavy (non-hydrogen) atoms. The van der Waals surface area contributed by atoms with Gasteiger partial charge in [-0.15, -0.1) is 0 Å². The number of ether oxygens (including phenoxy) is 1. The van der Waals surface area contributed by atoms with Gasteiger partial charge in [-0.2, -0.15) is 0 Å². The highest BCUT2D eigenvalue weighted by atomic mass is 16.5. The number of anilines is 2. The van der Waals surface area contributed by atoms with Crippen LogP contribution in [0, 0.1) is 0 Å². The largest absolute Gasteiger partial charge is 0.483 e. The molecule has 0 saturated heterocycles. The van der Waals surface area contributed by atoms with E-state index >= 15 is 0 Å². The van der Waals surface area contributed by atoms with Crippen molar-refractivity contribution in [3.05, 3.63) is 18.2 Å². The Kier molecular flexibility index (Phi) is 2.26. The van der Waals surface area contributed by atoms with Crippen LogP contribution in [0.1, 0.15) is 6.92 Å². The van der Waals surface area contributed by atoms with Crippen molar-refractivity contribution in [3.63, 3.8) is 0 Å². The Labute approximate surface area is 82.8 Å². The third kappa shape index (κ3) is 1.64. The van der Waals surface area contributed by atoms with E-state index < -0.39 is 0 Å². The Hall–Kier alpha value is -1.71. The van der Waals surface area contributed by atoms with Crippen LogP contribution < -0.4 is 15.8 Å². The van der Waals surface area contributed by atoms with Crippen molar-refractivity contribution in [3.8, 4) is 5.75 Å². The minimum absolute atomic E-state index is 0.490. The molecule has 4 nitrogen and oxygen atoms in total. The molecule has 1 aromatic rings. The molecule has 0 saturated carbocycles. The van der Waals surface area contributed by atoms with Crippen molar-refractivity contribution in [2.75, 3.05) is 24.2 Å². The van der Waals surface area contributed by atoms with Crippen LogP contribution in [0.5, 0.6) is 5.75 Å². The Morgan fingerprint density at radius 2 is 2.43 bits per heavy atom. The first kappa shape index (κ1) is 8.87. The maximum atomic E-state index is 5.64. The van der Waals surface area contributed by atoms with E-state index in [1.54, 1.807) is 0 Å². The zero-order valence-corrected chi connectivity index (χ0v) is 8.08. The summed E-state index contributed by atoms with van der Waals surface area (Å²) in [5.41, 5.74) is 7.28. The van der Waals surface area contributed by atoms with Gasteiger partial charge in [-0.1, -0.05) is 0 Å². The van der Waals surface area contributed by atoms with Gasteiger partial charge in [0.05, 0.1) is 5.69 Å². The number of rotatable bonds is 1. The van der Waals surface area contributed by atoms with Crippen molar-refractivity contribution < 1.29 is 4.74 Å². The first-order valence-electron chi connectivity index (χ1n) is 4.62. The molecule has 0 spiro atoms. The summed E-state index contributed by atoms with van der Waals surface area (Å²) in [6, 6.07) is 5.55. The van der Waals surface area contributed by atoms with E-state index in [2.05, 4.69) is 10.3 Å². The molecule has 0 radical (unpaired) electrons. The van der Waals surface area contributed by atoms with Crippen LogP contribution in [-0.4, -0.2) is 19.0 Å². The molecule has 74 valence electrons. The maximum Gasteiger partial charge on any atom is 0.146 e. The fourth-order valence-electron chi connectivity index (χ4n) is 1.38. The number of nitrogens with one attached hydrogen (secondary N) is 1. The molecule has 0 amide bonds. The van der Waals surface area contributed by atoms with Crippen molar-refractivity contribution in [2.24, 2.45) is 4.99 Å². The van der Waals surface area contributed by atoms with E-state index in [4.69, 9.17) is 10.5 Å². The summed E-state index contributed by atoms with van der Waals surface area (Å²) in [5.74, 6) is 1.66. The monoisotopic (exact) mass is 191 g/mol. The first-order valence-corrected chi connectivity index (χ1v) is 4.62. The van der Waals surface area contributed by atoms with Crippen LogP contribution in [-0.2, 0) is 0 Å². The molecule has 0 unspecified atom stereocenters. The van der Waals surface area contributed by atoms with Gasteiger partial charge in [0.25, 0.3) is 0 Å². The van der Waals surface area contributed by atoms with Gasteiger partial charge in [0.1, 0.15) is 18.2 Å². The number of amidine groups is 1. The normalized spacial score (nSPS) is 17.1. The average molecular weight is 191 g/mol. The molecule has 1 aromatic carbocycles. The Bertz CT molecular complexity index is 374. The van der Waals surface area contributed by atoms with Crippen LogP contribution in [0.4, 0.5) is 11.4 Å². The van der Waals surface area contributed by atoms with Gasteiger partial charge in [-0.05, 0) is 19.1 Å². The molecule has 3 N–H and O–H groups in total. The van der Waals surface area contributed by atoms with Gasteiger partial charge in [0.15, 0.2) is 0 Å².